The van der Waals surface area contributed by atoms with Gasteiger partial charge in [-0.15, -0.1) is 0 Å². The van der Waals surface area contributed by atoms with Crippen LogP contribution in [0.5, 0.6) is 17.2 Å². The average Bonchev–Trinajstić information content (AvgIpc) is 2.92. The number of hydrogen-bond acceptors (Lipinski definition) is 6. The van der Waals surface area contributed by atoms with E-state index < -0.39 is 35.6 Å². The molecule has 0 radical (unpaired) electrons. The molecular formula is C22H21FN2O6. The fraction of sp³-hybridized carbons (Fsp3) is 0.318. The normalized spacial score (nSPS) is 20.3. The van der Waals surface area contributed by atoms with Crippen LogP contribution < -0.4 is 19.5 Å². The highest BCUT2D eigenvalue weighted by atomic mass is 19.1. The molecule has 0 spiro atoms. The van der Waals surface area contributed by atoms with Gasteiger partial charge in [0.2, 0.25) is 0 Å². The van der Waals surface area contributed by atoms with Gasteiger partial charge < -0.3 is 19.5 Å². The highest BCUT2D eigenvalue weighted by molar-refractivity contribution is 6.11. The molecule has 2 heterocycles. The van der Waals surface area contributed by atoms with Gasteiger partial charge in [0.05, 0.1) is 26.9 Å². The van der Waals surface area contributed by atoms with E-state index in [9.17, 15) is 18.8 Å². The molecule has 4 rings (SSSR count). The molecule has 8 nitrogen and oxygen atoms in total. The molecule has 3 amide bonds. The number of Topliss-reactive ketones (excluding diaryl/α,β-unsaturated/α-hetero) is 1. The van der Waals surface area contributed by atoms with E-state index in [1.165, 1.54) is 19.2 Å². The first-order valence-corrected chi connectivity index (χ1v) is 9.74. The van der Waals surface area contributed by atoms with Crippen molar-refractivity contribution < 1.29 is 33.0 Å². The molecule has 162 valence electrons. The van der Waals surface area contributed by atoms with Crippen molar-refractivity contribution >= 4 is 17.7 Å². The summed E-state index contributed by atoms with van der Waals surface area (Å²) < 4.78 is 30.0. The number of nitrogens with one attached hydrogen (secondary N) is 1. The number of rotatable bonds is 5. The van der Waals surface area contributed by atoms with Crippen LogP contribution in [0.3, 0.4) is 0 Å². The summed E-state index contributed by atoms with van der Waals surface area (Å²) in [5, 5.41) is 2.65. The van der Waals surface area contributed by atoms with E-state index in [4.69, 9.17) is 14.2 Å². The molecule has 9 heteroatoms. The molecule has 1 unspecified atom stereocenters. The standard InChI is InChI=1S/C22H21FN2O6/c1-22(14-5-7-18-19(11-14)31-9-3-8-30-18)20(27)25(21(28)24-22)12-16(26)13-4-6-17(29-2)15(23)10-13/h4-7,10-11H,3,8-9,12H2,1-2H3,(H,24,28). The Morgan fingerprint density at radius 2 is 1.90 bits per heavy atom. The number of fused-ring (bicyclic) bond motifs is 1. The van der Waals surface area contributed by atoms with Crippen LogP contribution in [0.25, 0.3) is 0 Å². The lowest BCUT2D eigenvalue weighted by Crippen LogP contribution is -2.41. The average molecular weight is 428 g/mol. The predicted molar refractivity (Wildman–Crippen MR) is 107 cm³/mol. The molecule has 1 saturated heterocycles. The van der Waals surface area contributed by atoms with Gasteiger partial charge in [0, 0.05) is 12.0 Å². The van der Waals surface area contributed by atoms with Gasteiger partial charge >= 0.3 is 6.03 Å². The Morgan fingerprint density at radius 1 is 1.16 bits per heavy atom. The molecule has 0 aliphatic carbocycles. The summed E-state index contributed by atoms with van der Waals surface area (Å²) >= 11 is 0. The van der Waals surface area contributed by atoms with Crippen molar-refractivity contribution in [1.82, 2.24) is 10.2 Å². The van der Waals surface area contributed by atoms with Gasteiger partial charge in [-0.1, -0.05) is 6.07 Å². The maximum atomic E-state index is 13.9. The number of hydrogen-bond donors (Lipinski definition) is 1. The number of ketones is 1. The Morgan fingerprint density at radius 3 is 2.61 bits per heavy atom. The SMILES string of the molecule is COc1ccc(C(=O)CN2C(=O)NC(C)(c3ccc4c(c3)OCCCO4)C2=O)cc1F. The minimum Gasteiger partial charge on any atom is -0.494 e. The molecule has 1 N–H and O–H groups in total. The molecule has 0 saturated carbocycles. The van der Waals surface area contributed by atoms with Crippen LogP contribution in [0.1, 0.15) is 29.3 Å². The summed E-state index contributed by atoms with van der Waals surface area (Å²) in [5.41, 5.74) is -0.851. The van der Waals surface area contributed by atoms with Gasteiger partial charge in [0.25, 0.3) is 5.91 Å². The smallest absolute Gasteiger partial charge is 0.325 e. The van der Waals surface area contributed by atoms with Crippen molar-refractivity contribution in [3.63, 3.8) is 0 Å². The summed E-state index contributed by atoms with van der Waals surface area (Å²) in [6.07, 6.45) is 0.735. The van der Waals surface area contributed by atoms with Crippen molar-refractivity contribution in [3.8, 4) is 17.2 Å². The first-order chi connectivity index (χ1) is 14.8. The van der Waals surface area contributed by atoms with Crippen LogP contribution in [0, 0.1) is 5.82 Å². The molecule has 1 fully saturated rings. The van der Waals surface area contributed by atoms with E-state index >= 15 is 0 Å². The fourth-order valence-electron chi connectivity index (χ4n) is 3.59. The third-order valence-corrected chi connectivity index (χ3v) is 5.38. The van der Waals surface area contributed by atoms with Gasteiger partial charge in [-0.25, -0.2) is 9.18 Å². The van der Waals surface area contributed by atoms with Gasteiger partial charge in [0.15, 0.2) is 28.8 Å². The maximum Gasteiger partial charge on any atom is 0.325 e. The number of amides is 3. The van der Waals surface area contributed by atoms with Crippen molar-refractivity contribution in [1.29, 1.82) is 0 Å². The van der Waals surface area contributed by atoms with Crippen LogP contribution in [-0.4, -0.2) is 49.5 Å². The number of nitrogens with zero attached hydrogens (tertiary/aromatic N) is 1. The summed E-state index contributed by atoms with van der Waals surface area (Å²) in [4.78, 5) is 39.1. The molecule has 2 aliphatic heterocycles. The summed E-state index contributed by atoms with van der Waals surface area (Å²) in [6, 6.07) is 8.03. The minimum atomic E-state index is -1.38. The Kier molecular flexibility index (Phi) is 5.26. The maximum absolute atomic E-state index is 13.9. The Labute approximate surface area is 177 Å². The lowest BCUT2D eigenvalue weighted by Gasteiger charge is -2.23. The largest absolute Gasteiger partial charge is 0.494 e. The van der Waals surface area contributed by atoms with Crippen molar-refractivity contribution in [2.24, 2.45) is 0 Å². The second-order valence-corrected chi connectivity index (χ2v) is 7.43. The van der Waals surface area contributed by atoms with Gasteiger partial charge in [-0.3, -0.25) is 14.5 Å². The van der Waals surface area contributed by atoms with Crippen molar-refractivity contribution in [3.05, 3.63) is 53.3 Å². The number of benzene rings is 2. The van der Waals surface area contributed by atoms with Crippen molar-refractivity contribution in [2.75, 3.05) is 26.9 Å². The van der Waals surface area contributed by atoms with Crippen molar-refractivity contribution in [2.45, 2.75) is 18.9 Å². The third kappa shape index (κ3) is 3.67. The van der Waals surface area contributed by atoms with Crippen LogP contribution in [0.2, 0.25) is 0 Å². The number of carbonyl (C=O) groups is 3. The molecule has 0 aromatic heterocycles. The molecule has 2 aromatic carbocycles. The first-order valence-electron chi connectivity index (χ1n) is 9.74. The zero-order valence-electron chi connectivity index (χ0n) is 17.1. The van der Waals surface area contributed by atoms with Gasteiger partial charge in [0.1, 0.15) is 5.54 Å². The van der Waals surface area contributed by atoms with E-state index in [1.807, 2.05) is 0 Å². The summed E-state index contributed by atoms with van der Waals surface area (Å²) in [5.74, 6) is -0.824. The fourth-order valence-corrected chi connectivity index (χ4v) is 3.59. The lowest BCUT2D eigenvalue weighted by atomic mass is 9.91. The molecular weight excluding hydrogens is 407 g/mol. The van der Waals surface area contributed by atoms with E-state index in [0.717, 1.165) is 17.4 Å². The minimum absolute atomic E-state index is 0.00600. The van der Waals surface area contributed by atoms with E-state index in [2.05, 4.69) is 5.32 Å². The molecule has 31 heavy (non-hydrogen) atoms. The molecule has 2 aliphatic rings. The zero-order chi connectivity index (χ0) is 22.2. The first kappa shape index (κ1) is 20.6. The topological polar surface area (TPSA) is 94.2 Å². The Hall–Kier alpha value is -3.62. The van der Waals surface area contributed by atoms with Gasteiger partial charge in [-0.05, 0) is 42.8 Å². The molecule has 1 atom stereocenters. The quantitative estimate of drug-likeness (QED) is 0.581. The van der Waals surface area contributed by atoms with Crippen LogP contribution in [0.15, 0.2) is 36.4 Å². The second-order valence-electron chi connectivity index (χ2n) is 7.43. The van der Waals surface area contributed by atoms with Crippen LogP contribution >= 0.6 is 0 Å². The lowest BCUT2D eigenvalue weighted by molar-refractivity contribution is -0.130. The Bertz CT molecular complexity index is 1070. The molecule has 2 aromatic rings. The predicted octanol–water partition coefficient (Wildman–Crippen LogP) is 2.65. The number of methoxy groups -OCH3 is 1. The summed E-state index contributed by atoms with van der Waals surface area (Å²) in [6.45, 7) is 2.05. The van der Waals surface area contributed by atoms with E-state index in [0.29, 0.717) is 30.3 Å². The highest BCUT2D eigenvalue weighted by Gasteiger charge is 2.49. The number of carbonyl (C=O) groups excluding carboxylic acids is 3. The van der Waals surface area contributed by atoms with Crippen LogP contribution in [-0.2, 0) is 10.3 Å². The summed E-state index contributed by atoms with van der Waals surface area (Å²) in [7, 11) is 1.31. The highest BCUT2D eigenvalue weighted by Crippen LogP contribution is 2.36. The number of ether oxygens (including phenoxy) is 3. The van der Waals surface area contributed by atoms with Crippen LogP contribution in [0.4, 0.5) is 9.18 Å². The van der Waals surface area contributed by atoms with E-state index in [-0.39, 0.29) is 11.3 Å². The number of halogens is 1. The number of imide groups is 1. The molecule has 0 bridgehead atoms. The Balaban J connectivity index is 1.56. The zero-order valence-corrected chi connectivity index (χ0v) is 17.1. The van der Waals surface area contributed by atoms with Gasteiger partial charge in [-0.2, -0.15) is 0 Å². The monoisotopic (exact) mass is 428 g/mol. The van der Waals surface area contributed by atoms with E-state index in [1.54, 1.807) is 25.1 Å². The third-order valence-electron chi connectivity index (χ3n) is 5.38. The second kappa shape index (κ2) is 7.90. The number of urea groups is 1.